The van der Waals surface area contributed by atoms with Crippen LogP contribution < -0.4 is 0 Å². The Morgan fingerprint density at radius 1 is 0.889 bits per heavy atom. The number of rotatable bonds is 1. The van der Waals surface area contributed by atoms with Crippen molar-refractivity contribution in [2.24, 2.45) is 0 Å². The van der Waals surface area contributed by atoms with Crippen molar-refractivity contribution >= 4 is 5.97 Å². The predicted molar refractivity (Wildman–Crippen MR) is 75.6 cm³/mol. The molecule has 0 N–H and O–H groups in total. The van der Waals surface area contributed by atoms with Gasteiger partial charge in [-0.15, -0.1) is 0 Å². The molecular weight excluding hydrogens is 224 g/mol. The summed E-state index contributed by atoms with van der Waals surface area (Å²) in [4.78, 5) is 11.7. The zero-order valence-electron chi connectivity index (χ0n) is 12.1. The summed E-state index contributed by atoms with van der Waals surface area (Å²) in [6.45, 7) is 2.12. The van der Waals surface area contributed by atoms with E-state index in [0.717, 1.165) is 19.3 Å². The van der Waals surface area contributed by atoms with Gasteiger partial charge in [0.1, 0.15) is 6.10 Å². The van der Waals surface area contributed by atoms with Crippen molar-refractivity contribution in [1.82, 2.24) is 0 Å². The molecular formula is C16H30O2. The third-order valence-electron chi connectivity index (χ3n) is 3.91. The first-order chi connectivity index (χ1) is 8.83. The summed E-state index contributed by atoms with van der Waals surface area (Å²) in [5, 5.41) is 0. The maximum atomic E-state index is 11.7. The summed E-state index contributed by atoms with van der Waals surface area (Å²) in [7, 11) is 0. The molecule has 1 unspecified atom stereocenters. The van der Waals surface area contributed by atoms with E-state index in [0.29, 0.717) is 6.42 Å². The van der Waals surface area contributed by atoms with Crippen molar-refractivity contribution < 1.29 is 9.53 Å². The van der Waals surface area contributed by atoms with E-state index in [1.807, 2.05) is 0 Å². The highest BCUT2D eigenvalue weighted by Gasteiger charge is 2.12. The average Bonchev–Trinajstić information content (AvgIpc) is 2.38. The van der Waals surface area contributed by atoms with Gasteiger partial charge in [0, 0.05) is 6.42 Å². The molecule has 0 aromatic rings. The van der Waals surface area contributed by atoms with Crippen LogP contribution in [0.3, 0.4) is 0 Å². The van der Waals surface area contributed by atoms with Crippen LogP contribution in [-0.2, 0) is 9.53 Å². The van der Waals surface area contributed by atoms with Gasteiger partial charge in [0.15, 0.2) is 0 Å². The van der Waals surface area contributed by atoms with Gasteiger partial charge in [-0.1, -0.05) is 58.3 Å². The molecule has 0 radical (unpaired) electrons. The van der Waals surface area contributed by atoms with Gasteiger partial charge in [-0.25, -0.2) is 0 Å². The molecule has 18 heavy (non-hydrogen) atoms. The summed E-state index contributed by atoms with van der Waals surface area (Å²) in [6.07, 6.45) is 15.7. The zero-order valence-corrected chi connectivity index (χ0v) is 12.1. The Morgan fingerprint density at radius 3 is 1.94 bits per heavy atom. The highest BCUT2D eigenvalue weighted by atomic mass is 16.5. The molecule has 1 fully saturated rings. The SMILES string of the molecule is CCC1CCCCCCCCCCCCC(=O)O1. The molecule has 2 nitrogen and oxygen atoms in total. The number of cyclic esters (lactones) is 1. The predicted octanol–water partition coefficient (Wildman–Crippen LogP) is 5.00. The van der Waals surface area contributed by atoms with E-state index in [2.05, 4.69) is 6.92 Å². The number of carbonyl (C=O) groups excluding carboxylic acids is 1. The molecule has 106 valence electrons. The Kier molecular flexibility index (Phi) is 8.97. The number of esters is 1. The van der Waals surface area contributed by atoms with Gasteiger partial charge in [0.25, 0.3) is 0 Å². The molecule has 0 aromatic carbocycles. The number of hydrogen-bond acceptors (Lipinski definition) is 2. The lowest BCUT2D eigenvalue weighted by Crippen LogP contribution is -2.17. The molecule has 0 spiro atoms. The molecule has 0 amide bonds. The molecule has 2 heteroatoms. The molecule has 1 rings (SSSR count). The van der Waals surface area contributed by atoms with E-state index >= 15 is 0 Å². The second-order valence-corrected chi connectivity index (χ2v) is 5.59. The number of carbonyl (C=O) groups is 1. The maximum absolute atomic E-state index is 11.7. The first-order valence-corrected chi connectivity index (χ1v) is 8.02. The van der Waals surface area contributed by atoms with Gasteiger partial charge in [0.05, 0.1) is 0 Å². The van der Waals surface area contributed by atoms with Crippen molar-refractivity contribution in [1.29, 1.82) is 0 Å². The lowest BCUT2D eigenvalue weighted by Gasteiger charge is -2.16. The quantitative estimate of drug-likeness (QED) is 0.615. The van der Waals surface area contributed by atoms with Gasteiger partial charge >= 0.3 is 5.97 Å². The fraction of sp³-hybridized carbons (Fsp3) is 0.938. The number of hydrogen-bond donors (Lipinski definition) is 0. The molecule has 1 atom stereocenters. The fourth-order valence-corrected chi connectivity index (χ4v) is 2.65. The summed E-state index contributed by atoms with van der Waals surface area (Å²) in [5.41, 5.74) is 0. The zero-order chi connectivity index (χ0) is 13.1. The van der Waals surface area contributed by atoms with Crippen molar-refractivity contribution in [3.8, 4) is 0 Å². The highest BCUT2D eigenvalue weighted by Crippen LogP contribution is 2.16. The third-order valence-corrected chi connectivity index (χ3v) is 3.91. The second kappa shape index (κ2) is 10.4. The minimum Gasteiger partial charge on any atom is -0.462 e. The maximum Gasteiger partial charge on any atom is 0.306 e. The van der Waals surface area contributed by atoms with Crippen LogP contribution in [0.15, 0.2) is 0 Å². The van der Waals surface area contributed by atoms with E-state index in [9.17, 15) is 4.79 Å². The van der Waals surface area contributed by atoms with E-state index in [4.69, 9.17) is 4.74 Å². The molecule has 0 aromatic heterocycles. The van der Waals surface area contributed by atoms with E-state index in [1.54, 1.807) is 0 Å². The Morgan fingerprint density at radius 2 is 1.39 bits per heavy atom. The van der Waals surface area contributed by atoms with Crippen molar-refractivity contribution in [3.63, 3.8) is 0 Å². The Hall–Kier alpha value is -0.530. The lowest BCUT2D eigenvalue weighted by molar-refractivity contribution is -0.149. The van der Waals surface area contributed by atoms with Crippen molar-refractivity contribution in [2.75, 3.05) is 0 Å². The molecule has 1 aliphatic heterocycles. The first kappa shape index (κ1) is 15.5. The summed E-state index contributed by atoms with van der Waals surface area (Å²) >= 11 is 0. The Balaban J connectivity index is 2.30. The van der Waals surface area contributed by atoms with E-state index < -0.39 is 0 Å². The van der Waals surface area contributed by atoms with Crippen molar-refractivity contribution in [3.05, 3.63) is 0 Å². The standard InChI is InChI=1S/C16H30O2/c1-2-15-13-11-9-7-5-3-4-6-8-10-12-14-16(17)18-15/h15H,2-14H2,1H3. The highest BCUT2D eigenvalue weighted by molar-refractivity contribution is 5.69. The van der Waals surface area contributed by atoms with Gasteiger partial charge in [0.2, 0.25) is 0 Å². The summed E-state index contributed by atoms with van der Waals surface area (Å²) in [5.74, 6) is 0.0247. The van der Waals surface area contributed by atoms with Crippen LogP contribution in [-0.4, -0.2) is 12.1 Å². The van der Waals surface area contributed by atoms with Crippen LogP contribution >= 0.6 is 0 Å². The van der Waals surface area contributed by atoms with E-state index in [1.165, 1.54) is 57.8 Å². The summed E-state index contributed by atoms with van der Waals surface area (Å²) in [6, 6.07) is 0. The minimum atomic E-state index is 0.0247. The Bertz CT molecular complexity index is 213. The van der Waals surface area contributed by atoms with Gasteiger partial charge in [-0.05, 0) is 25.7 Å². The molecule has 0 aliphatic carbocycles. The number of ether oxygens (including phenoxy) is 1. The third kappa shape index (κ3) is 7.73. The normalized spacial score (nSPS) is 25.8. The lowest BCUT2D eigenvalue weighted by atomic mass is 10.0. The first-order valence-electron chi connectivity index (χ1n) is 8.02. The monoisotopic (exact) mass is 254 g/mol. The molecule has 1 saturated heterocycles. The van der Waals surface area contributed by atoms with E-state index in [-0.39, 0.29) is 12.1 Å². The van der Waals surface area contributed by atoms with Crippen LogP contribution in [0, 0.1) is 0 Å². The molecule has 0 bridgehead atoms. The second-order valence-electron chi connectivity index (χ2n) is 5.59. The summed E-state index contributed by atoms with van der Waals surface area (Å²) < 4.78 is 5.54. The smallest absolute Gasteiger partial charge is 0.306 e. The molecule has 0 saturated carbocycles. The van der Waals surface area contributed by atoms with Crippen LogP contribution in [0.4, 0.5) is 0 Å². The minimum absolute atomic E-state index is 0.0247. The largest absolute Gasteiger partial charge is 0.462 e. The van der Waals surface area contributed by atoms with Gasteiger partial charge in [-0.2, -0.15) is 0 Å². The van der Waals surface area contributed by atoms with Crippen LogP contribution in [0.25, 0.3) is 0 Å². The molecule has 1 heterocycles. The van der Waals surface area contributed by atoms with Gasteiger partial charge < -0.3 is 4.74 Å². The Labute approximate surface area is 112 Å². The van der Waals surface area contributed by atoms with Crippen molar-refractivity contribution in [2.45, 2.75) is 96.5 Å². The fourth-order valence-electron chi connectivity index (χ4n) is 2.65. The molecule has 1 aliphatic rings. The average molecular weight is 254 g/mol. The van der Waals surface area contributed by atoms with Gasteiger partial charge in [-0.3, -0.25) is 4.79 Å². The topological polar surface area (TPSA) is 26.3 Å². The van der Waals surface area contributed by atoms with Crippen LogP contribution in [0.1, 0.15) is 90.4 Å². The van der Waals surface area contributed by atoms with Crippen LogP contribution in [0.2, 0.25) is 0 Å². The van der Waals surface area contributed by atoms with Crippen LogP contribution in [0.5, 0.6) is 0 Å².